The molecule has 1 N–H and O–H groups in total. The fourth-order valence-electron chi connectivity index (χ4n) is 4.18. The summed E-state index contributed by atoms with van der Waals surface area (Å²) in [4.78, 5) is 2.36. The molecule has 3 nitrogen and oxygen atoms in total. The maximum absolute atomic E-state index is 14.6. The maximum Gasteiger partial charge on any atom is 0.129 e. The molecule has 0 amide bonds. The molecule has 29 heavy (non-hydrogen) atoms. The predicted molar refractivity (Wildman–Crippen MR) is 112 cm³/mol. The van der Waals surface area contributed by atoms with Gasteiger partial charge in [-0.05, 0) is 45.4 Å². The van der Waals surface area contributed by atoms with Crippen molar-refractivity contribution in [3.05, 3.63) is 77.0 Å². The van der Waals surface area contributed by atoms with Gasteiger partial charge in [0.15, 0.2) is 0 Å². The number of hydrogen-bond donors (Lipinski definition) is 1. The van der Waals surface area contributed by atoms with E-state index in [2.05, 4.69) is 73.1 Å². The summed E-state index contributed by atoms with van der Waals surface area (Å²) in [6, 6.07) is 14.2. The summed E-state index contributed by atoms with van der Waals surface area (Å²) < 4.78 is 28.1. The molecule has 1 aliphatic rings. The molecule has 0 saturated carbocycles. The second kappa shape index (κ2) is 7.38. The van der Waals surface area contributed by atoms with Gasteiger partial charge >= 0.3 is 0 Å². The molecule has 1 aromatic heterocycles. The zero-order valence-electron chi connectivity index (χ0n) is 17.3. The third-order valence-corrected chi connectivity index (χ3v) is 5.97. The molecule has 2 heterocycles. The molecule has 152 valence electrons. The Morgan fingerprint density at radius 2 is 1.66 bits per heavy atom. The summed E-state index contributed by atoms with van der Waals surface area (Å²) in [6.45, 7) is 10.1. The highest BCUT2D eigenvalue weighted by molar-refractivity contribution is 5.60. The fourth-order valence-corrected chi connectivity index (χ4v) is 4.18. The summed E-state index contributed by atoms with van der Waals surface area (Å²) in [5, 5.41) is 7.71. The SMILES string of the molecule is Cc1ccc(-c2cc([C@@H]3CN(C(C)(C)C)C[C@H]3c3ccc(F)cc3F)[nH]n2)cc1. The summed E-state index contributed by atoms with van der Waals surface area (Å²) >= 11 is 0. The summed E-state index contributed by atoms with van der Waals surface area (Å²) in [6.07, 6.45) is 0. The molecule has 2 atom stereocenters. The Morgan fingerprint density at radius 3 is 2.31 bits per heavy atom. The van der Waals surface area contributed by atoms with E-state index < -0.39 is 11.6 Å². The van der Waals surface area contributed by atoms with Gasteiger partial charge in [0, 0.05) is 47.8 Å². The number of nitrogens with zero attached hydrogens (tertiary/aromatic N) is 2. The van der Waals surface area contributed by atoms with E-state index in [4.69, 9.17) is 0 Å². The van der Waals surface area contributed by atoms with Crippen LogP contribution in [0.3, 0.4) is 0 Å². The minimum absolute atomic E-state index is 0.0384. The largest absolute Gasteiger partial charge is 0.297 e. The zero-order valence-corrected chi connectivity index (χ0v) is 17.3. The van der Waals surface area contributed by atoms with Crippen LogP contribution in [-0.4, -0.2) is 33.7 Å². The number of hydrogen-bond acceptors (Lipinski definition) is 2. The molecule has 0 unspecified atom stereocenters. The number of aromatic nitrogens is 2. The van der Waals surface area contributed by atoms with E-state index in [0.29, 0.717) is 5.56 Å². The summed E-state index contributed by atoms with van der Waals surface area (Å²) in [5.74, 6) is -1.03. The Hall–Kier alpha value is -2.53. The molecule has 1 fully saturated rings. The number of aromatic amines is 1. The lowest BCUT2D eigenvalue weighted by Gasteiger charge is -2.31. The Morgan fingerprint density at radius 1 is 0.966 bits per heavy atom. The van der Waals surface area contributed by atoms with Crippen molar-refractivity contribution in [2.24, 2.45) is 0 Å². The first-order valence-electron chi connectivity index (χ1n) is 10.0. The topological polar surface area (TPSA) is 31.9 Å². The van der Waals surface area contributed by atoms with Gasteiger partial charge in [-0.15, -0.1) is 0 Å². The Labute approximate surface area is 170 Å². The fraction of sp³-hybridized carbons (Fsp3) is 0.375. The van der Waals surface area contributed by atoms with E-state index in [9.17, 15) is 8.78 Å². The zero-order chi connectivity index (χ0) is 20.8. The van der Waals surface area contributed by atoms with Crippen LogP contribution in [0.15, 0.2) is 48.5 Å². The number of aryl methyl sites for hydroxylation is 1. The van der Waals surface area contributed by atoms with Gasteiger partial charge in [-0.25, -0.2) is 8.78 Å². The van der Waals surface area contributed by atoms with Gasteiger partial charge in [-0.3, -0.25) is 10.00 Å². The van der Waals surface area contributed by atoms with Crippen LogP contribution in [-0.2, 0) is 0 Å². The third kappa shape index (κ3) is 3.97. The van der Waals surface area contributed by atoms with Crippen LogP contribution in [0.2, 0.25) is 0 Å². The lowest BCUT2D eigenvalue weighted by atomic mass is 9.86. The highest BCUT2D eigenvalue weighted by Gasteiger charge is 2.41. The summed E-state index contributed by atoms with van der Waals surface area (Å²) in [7, 11) is 0. The van der Waals surface area contributed by atoms with Crippen LogP contribution in [0.4, 0.5) is 8.78 Å². The Balaban J connectivity index is 1.70. The van der Waals surface area contributed by atoms with E-state index in [1.165, 1.54) is 11.6 Å². The van der Waals surface area contributed by atoms with Crippen molar-refractivity contribution < 1.29 is 8.78 Å². The van der Waals surface area contributed by atoms with Crippen LogP contribution in [0, 0.1) is 18.6 Å². The Kier molecular flexibility index (Phi) is 5.03. The molecule has 1 saturated heterocycles. The highest BCUT2D eigenvalue weighted by atomic mass is 19.1. The number of H-pyrrole nitrogens is 1. The molecule has 0 bridgehead atoms. The summed E-state index contributed by atoms with van der Waals surface area (Å²) in [5.41, 5.74) is 4.65. The molecule has 0 aliphatic carbocycles. The van der Waals surface area contributed by atoms with Crippen LogP contribution in [0.25, 0.3) is 11.3 Å². The maximum atomic E-state index is 14.6. The minimum Gasteiger partial charge on any atom is -0.297 e. The molecular formula is C24H27F2N3. The third-order valence-electron chi connectivity index (χ3n) is 5.97. The van der Waals surface area contributed by atoms with Gasteiger partial charge < -0.3 is 0 Å². The molecule has 1 aliphatic heterocycles. The van der Waals surface area contributed by atoms with Crippen molar-refractivity contribution in [3.8, 4) is 11.3 Å². The number of halogens is 2. The van der Waals surface area contributed by atoms with Crippen LogP contribution in [0.5, 0.6) is 0 Å². The van der Waals surface area contributed by atoms with Crippen LogP contribution < -0.4 is 0 Å². The molecule has 3 aromatic rings. The van der Waals surface area contributed by atoms with Crippen molar-refractivity contribution in [2.45, 2.75) is 45.1 Å². The van der Waals surface area contributed by atoms with Crippen molar-refractivity contribution in [1.29, 1.82) is 0 Å². The van der Waals surface area contributed by atoms with E-state index >= 15 is 0 Å². The van der Waals surface area contributed by atoms with Crippen LogP contribution in [0.1, 0.15) is 49.4 Å². The van der Waals surface area contributed by atoms with Crippen molar-refractivity contribution in [1.82, 2.24) is 15.1 Å². The molecule has 4 rings (SSSR count). The minimum atomic E-state index is -0.545. The van der Waals surface area contributed by atoms with E-state index in [1.807, 2.05) is 0 Å². The quantitative estimate of drug-likeness (QED) is 0.622. The number of likely N-dealkylation sites (tertiary alicyclic amines) is 1. The molecule has 0 radical (unpaired) electrons. The Bertz CT molecular complexity index is 1000. The van der Waals surface area contributed by atoms with Gasteiger partial charge in [0.05, 0.1) is 5.69 Å². The number of nitrogens with one attached hydrogen (secondary N) is 1. The van der Waals surface area contributed by atoms with Crippen LogP contribution >= 0.6 is 0 Å². The average Bonchev–Trinajstić information content (AvgIpc) is 3.29. The molecular weight excluding hydrogens is 368 g/mol. The van der Waals surface area contributed by atoms with Crippen molar-refractivity contribution in [3.63, 3.8) is 0 Å². The standard InChI is InChI=1S/C24H27F2N3/c1-15-5-7-16(8-6-15)22-12-23(28-27-22)20-14-29(24(2,3)4)13-19(20)18-10-9-17(25)11-21(18)26/h5-12,19-20H,13-14H2,1-4H3,(H,27,28)/t19-,20+/m0/s1. The highest BCUT2D eigenvalue weighted by Crippen LogP contribution is 2.43. The smallest absolute Gasteiger partial charge is 0.129 e. The monoisotopic (exact) mass is 395 g/mol. The number of rotatable bonds is 3. The first-order valence-corrected chi connectivity index (χ1v) is 10.0. The first-order chi connectivity index (χ1) is 13.7. The van der Waals surface area contributed by atoms with E-state index in [0.717, 1.165) is 36.1 Å². The second-order valence-corrected chi connectivity index (χ2v) is 9.03. The number of benzene rings is 2. The van der Waals surface area contributed by atoms with Gasteiger partial charge in [-0.1, -0.05) is 35.9 Å². The van der Waals surface area contributed by atoms with Gasteiger partial charge in [0.2, 0.25) is 0 Å². The van der Waals surface area contributed by atoms with E-state index in [-0.39, 0.29) is 17.4 Å². The lowest BCUT2D eigenvalue weighted by molar-refractivity contribution is 0.170. The lowest BCUT2D eigenvalue weighted by Crippen LogP contribution is -2.39. The van der Waals surface area contributed by atoms with Gasteiger partial charge in [0.25, 0.3) is 0 Å². The second-order valence-electron chi connectivity index (χ2n) is 9.03. The normalized spacial score (nSPS) is 20.3. The molecule has 0 spiro atoms. The van der Waals surface area contributed by atoms with E-state index in [1.54, 1.807) is 6.07 Å². The average molecular weight is 395 g/mol. The van der Waals surface area contributed by atoms with Gasteiger partial charge in [-0.2, -0.15) is 5.10 Å². The van der Waals surface area contributed by atoms with Gasteiger partial charge in [0.1, 0.15) is 11.6 Å². The molecule has 2 aromatic carbocycles. The predicted octanol–water partition coefficient (Wildman–Crippen LogP) is 5.64. The first kappa shape index (κ1) is 19.8. The van der Waals surface area contributed by atoms with Crippen molar-refractivity contribution >= 4 is 0 Å². The molecule has 5 heteroatoms. The van der Waals surface area contributed by atoms with Crippen molar-refractivity contribution in [2.75, 3.05) is 13.1 Å².